The van der Waals surface area contributed by atoms with Crippen LogP contribution in [0.15, 0.2) is 0 Å². The minimum Gasteiger partial charge on any atom is -0.481 e. The van der Waals surface area contributed by atoms with E-state index in [1.165, 1.54) is 20.8 Å². The Labute approximate surface area is 152 Å². The summed E-state index contributed by atoms with van der Waals surface area (Å²) < 4.78 is 0. The largest absolute Gasteiger partial charge is 0.481 e. The van der Waals surface area contributed by atoms with E-state index in [0.29, 0.717) is 6.54 Å². The molecule has 0 saturated carbocycles. The van der Waals surface area contributed by atoms with Crippen LogP contribution in [0.3, 0.4) is 0 Å². The summed E-state index contributed by atoms with van der Waals surface area (Å²) in [4.78, 5) is 57.6. The minimum atomic E-state index is -0.995. The number of nitrogens with one attached hydrogen (secondary N) is 4. The first-order chi connectivity index (χ1) is 12.1. The third-order valence-corrected chi connectivity index (χ3v) is 3.42. The number of likely N-dealkylation sites (N-methyl/N-ethyl adjacent to an activating group) is 1. The Morgan fingerprint density at radius 2 is 1.23 bits per heavy atom. The smallest absolute Gasteiger partial charge is 0.303 e. The molecule has 3 atom stereocenters. The Morgan fingerprint density at radius 3 is 1.69 bits per heavy atom. The number of amides is 4. The molecule has 4 amide bonds. The van der Waals surface area contributed by atoms with Crippen molar-refractivity contribution in [1.82, 2.24) is 21.3 Å². The van der Waals surface area contributed by atoms with Gasteiger partial charge in [-0.2, -0.15) is 0 Å². The van der Waals surface area contributed by atoms with Crippen molar-refractivity contribution < 1.29 is 29.1 Å². The first-order valence-corrected chi connectivity index (χ1v) is 8.48. The first kappa shape index (κ1) is 23.4. The number of carboxylic acids is 1. The SMILES string of the molecule is CCNC(=O)[C@H](C)NC(=O)[C@@H](C)NC(=O)[C@@H](C)NC(=O)CCCC(=O)O. The lowest BCUT2D eigenvalue weighted by molar-refractivity contribution is -0.137. The molecule has 0 aliphatic carbocycles. The minimum absolute atomic E-state index is 0.00991. The summed E-state index contributed by atoms with van der Waals surface area (Å²) in [7, 11) is 0. The third kappa shape index (κ3) is 9.60. The number of hydrogen-bond acceptors (Lipinski definition) is 5. The Morgan fingerprint density at radius 1 is 0.769 bits per heavy atom. The molecule has 10 nitrogen and oxygen atoms in total. The Kier molecular flexibility index (Phi) is 10.6. The van der Waals surface area contributed by atoms with Crippen LogP contribution >= 0.6 is 0 Å². The Bertz CT molecular complexity index is 537. The fraction of sp³-hybridized carbons (Fsp3) is 0.688. The average molecular weight is 372 g/mol. The molecule has 0 aromatic rings. The van der Waals surface area contributed by atoms with E-state index in [1.54, 1.807) is 6.92 Å². The molecule has 0 aliphatic rings. The van der Waals surface area contributed by atoms with Crippen molar-refractivity contribution in [3.8, 4) is 0 Å². The van der Waals surface area contributed by atoms with E-state index in [9.17, 15) is 24.0 Å². The summed E-state index contributed by atoms with van der Waals surface area (Å²) in [6.45, 7) is 6.63. The summed E-state index contributed by atoms with van der Waals surface area (Å²) in [5, 5.41) is 18.4. The second-order valence-electron chi connectivity index (χ2n) is 5.89. The highest BCUT2D eigenvalue weighted by Crippen LogP contribution is 1.97. The molecule has 0 aromatic heterocycles. The number of carbonyl (C=O) groups excluding carboxylic acids is 4. The van der Waals surface area contributed by atoms with Crippen molar-refractivity contribution >= 4 is 29.6 Å². The number of aliphatic carboxylic acids is 1. The summed E-state index contributed by atoms with van der Waals surface area (Å²) in [5.41, 5.74) is 0. The van der Waals surface area contributed by atoms with Gasteiger partial charge in [0.25, 0.3) is 0 Å². The predicted molar refractivity (Wildman–Crippen MR) is 93.0 cm³/mol. The van der Waals surface area contributed by atoms with E-state index < -0.39 is 41.8 Å². The number of rotatable bonds is 11. The van der Waals surface area contributed by atoms with Crippen LogP contribution in [0.1, 0.15) is 47.0 Å². The van der Waals surface area contributed by atoms with Crippen LogP contribution in [-0.2, 0) is 24.0 Å². The first-order valence-electron chi connectivity index (χ1n) is 8.48. The predicted octanol–water partition coefficient (Wildman–Crippen LogP) is -1.11. The summed E-state index contributed by atoms with van der Waals surface area (Å²) in [5.74, 6) is -2.87. The highest BCUT2D eigenvalue weighted by molar-refractivity contribution is 5.93. The summed E-state index contributed by atoms with van der Waals surface area (Å²) in [6, 6.07) is -2.53. The molecule has 0 aliphatic heterocycles. The quantitative estimate of drug-likeness (QED) is 0.310. The van der Waals surface area contributed by atoms with Gasteiger partial charge in [-0.25, -0.2) is 0 Å². The monoisotopic (exact) mass is 372 g/mol. The van der Waals surface area contributed by atoms with Gasteiger partial charge >= 0.3 is 5.97 Å². The van der Waals surface area contributed by atoms with E-state index in [2.05, 4.69) is 21.3 Å². The molecule has 26 heavy (non-hydrogen) atoms. The number of carboxylic acid groups (broad SMARTS) is 1. The zero-order valence-electron chi connectivity index (χ0n) is 15.5. The van der Waals surface area contributed by atoms with Crippen LogP contribution < -0.4 is 21.3 Å². The molecule has 0 bridgehead atoms. The van der Waals surface area contributed by atoms with Crippen LogP contribution in [0.2, 0.25) is 0 Å². The van der Waals surface area contributed by atoms with Gasteiger partial charge in [-0.3, -0.25) is 24.0 Å². The number of hydrogen-bond donors (Lipinski definition) is 5. The molecule has 0 unspecified atom stereocenters. The fourth-order valence-corrected chi connectivity index (χ4v) is 1.91. The van der Waals surface area contributed by atoms with Crippen molar-refractivity contribution in [2.24, 2.45) is 0 Å². The van der Waals surface area contributed by atoms with E-state index >= 15 is 0 Å². The molecule has 10 heteroatoms. The molecule has 0 rings (SSSR count). The number of carbonyl (C=O) groups is 5. The normalized spacial score (nSPS) is 13.7. The van der Waals surface area contributed by atoms with Crippen molar-refractivity contribution in [3.05, 3.63) is 0 Å². The van der Waals surface area contributed by atoms with Crippen LogP contribution in [-0.4, -0.2) is 59.4 Å². The zero-order valence-corrected chi connectivity index (χ0v) is 15.5. The molecule has 0 spiro atoms. The zero-order chi connectivity index (χ0) is 20.3. The molecular formula is C16H28N4O6. The van der Waals surface area contributed by atoms with Gasteiger partial charge in [-0.15, -0.1) is 0 Å². The van der Waals surface area contributed by atoms with E-state index in [4.69, 9.17) is 5.11 Å². The maximum absolute atomic E-state index is 12.0. The Hall–Kier alpha value is -2.65. The lowest BCUT2D eigenvalue weighted by Gasteiger charge is -2.20. The molecule has 5 N–H and O–H groups in total. The second-order valence-corrected chi connectivity index (χ2v) is 5.89. The average Bonchev–Trinajstić information content (AvgIpc) is 2.54. The van der Waals surface area contributed by atoms with Gasteiger partial charge in [-0.05, 0) is 34.1 Å². The van der Waals surface area contributed by atoms with Crippen LogP contribution in [0.4, 0.5) is 0 Å². The summed E-state index contributed by atoms with van der Waals surface area (Å²) >= 11 is 0. The standard InChI is InChI=1S/C16H28N4O6/c1-5-17-14(24)9(2)19-16(26)11(4)20-15(25)10(3)18-12(21)7-6-8-13(22)23/h9-11H,5-8H2,1-4H3,(H,17,24)(H,18,21)(H,19,26)(H,20,25)(H,22,23)/t9-,10+,11+/m0/s1. The van der Waals surface area contributed by atoms with Gasteiger partial charge in [0.05, 0.1) is 0 Å². The van der Waals surface area contributed by atoms with E-state index in [0.717, 1.165) is 0 Å². The van der Waals surface area contributed by atoms with Crippen molar-refractivity contribution in [1.29, 1.82) is 0 Å². The van der Waals surface area contributed by atoms with Crippen molar-refractivity contribution in [3.63, 3.8) is 0 Å². The van der Waals surface area contributed by atoms with Crippen molar-refractivity contribution in [2.75, 3.05) is 6.54 Å². The maximum Gasteiger partial charge on any atom is 0.303 e. The van der Waals surface area contributed by atoms with Gasteiger partial charge in [-0.1, -0.05) is 0 Å². The van der Waals surface area contributed by atoms with Gasteiger partial charge in [0, 0.05) is 19.4 Å². The fourth-order valence-electron chi connectivity index (χ4n) is 1.91. The van der Waals surface area contributed by atoms with Crippen molar-refractivity contribution in [2.45, 2.75) is 65.1 Å². The summed E-state index contributed by atoms with van der Waals surface area (Å²) in [6.07, 6.45) is 0.0328. The highest BCUT2D eigenvalue weighted by Gasteiger charge is 2.23. The van der Waals surface area contributed by atoms with E-state index in [1.807, 2.05) is 0 Å². The second kappa shape index (κ2) is 11.8. The van der Waals surface area contributed by atoms with Gasteiger partial charge in [0.1, 0.15) is 18.1 Å². The highest BCUT2D eigenvalue weighted by atomic mass is 16.4. The van der Waals surface area contributed by atoms with Crippen LogP contribution in [0, 0.1) is 0 Å². The van der Waals surface area contributed by atoms with E-state index in [-0.39, 0.29) is 25.2 Å². The molecular weight excluding hydrogens is 344 g/mol. The molecule has 0 aromatic carbocycles. The third-order valence-electron chi connectivity index (χ3n) is 3.42. The Balaban J connectivity index is 4.33. The molecule has 148 valence electrons. The maximum atomic E-state index is 12.0. The molecule has 0 heterocycles. The molecule has 0 saturated heterocycles. The van der Waals surface area contributed by atoms with Gasteiger partial charge in [0.15, 0.2) is 0 Å². The van der Waals surface area contributed by atoms with Crippen LogP contribution in [0.5, 0.6) is 0 Å². The lowest BCUT2D eigenvalue weighted by atomic mass is 10.2. The molecule has 0 fully saturated rings. The topological polar surface area (TPSA) is 154 Å². The van der Waals surface area contributed by atoms with Crippen LogP contribution in [0.25, 0.3) is 0 Å². The van der Waals surface area contributed by atoms with Gasteiger partial charge in [0.2, 0.25) is 23.6 Å². The van der Waals surface area contributed by atoms with Gasteiger partial charge < -0.3 is 26.4 Å². The lowest BCUT2D eigenvalue weighted by Crippen LogP contribution is -2.54. The molecule has 0 radical (unpaired) electrons.